The maximum absolute atomic E-state index is 13.6. The standard InChI is InChI=1S/C26H37N5O5S/c1-15-21(37-14-29-15)17-8-6-16(7-9-17)11-28-24(35)20-10-18(33)12-31(20)25(36)22(26(2,3)4)30-23(34)19(13-32)27-5/h6-9,14,18-20,22,27,32-33H,10-13H2,1-5H3,(H,28,35)(H,30,34)/t18-,19+,20+,22-/m1/s1. The average Bonchev–Trinajstić information content (AvgIpc) is 3.46. The molecule has 0 saturated carbocycles. The van der Waals surface area contributed by atoms with Crippen LogP contribution in [-0.2, 0) is 20.9 Å². The Morgan fingerprint density at radius 3 is 2.43 bits per heavy atom. The summed E-state index contributed by atoms with van der Waals surface area (Å²) in [6.07, 6.45) is -0.734. The topological polar surface area (TPSA) is 144 Å². The lowest BCUT2D eigenvalue weighted by atomic mass is 9.85. The van der Waals surface area contributed by atoms with Gasteiger partial charge in [-0.2, -0.15) is 0 Å². The first kappa shape index (κ1) is 28.7. The predicted molar refractivity (Wildman–Crippen MR) is 142 cm³/mol. The van der Waals surface area contributed by atoms with E-state index in [-0.39, 0.29) is 25.4 Å². The minimum absolute atomic E-state index is 0.00226. The first-order valence-electron chi connectivity index (χ1n) is 12.3. The number of benzene rings is 1. The van der Waals surface area contributed by atoms with E-state index in [0.717, 1.165) is 21.7 Å². The van der Waals surface area contributed by atoms with E-state index in [0.29, 0.717) is 0 Å². The molecule has 0 aliphatic carbocycles. The van der Waals surface area contributed by atoms with Crippen molar-refractivity contribution in [3.05, 3.63) is 41.0 Å². The van der Waals surface area contributed by atoms with Gasteiger partial charge in [0.2, 0.25) is 17.7 Å². The van der Waals surface area contributed by atoms with E-state index >= 15 is 0 Å². The van der Waals surface area contributed by atoms with E-state index in [1.54, 1.807) is 18.4 Å². The molecule has 3 amide bonds. The number of likely N-dealkylation sites (tertiary alicyclic amines) is 1. The second kappa shape index (κ2) is 12.1. The first-order chi connectivity index (χ1) is 17.5. The average molecular weight is 532 g/mol. The Labute approximate surface area is 221 Å². The Balaban J connectivity index is 1.69. The monoisotopic (exact) mass is 531 g/mol. The molecule has 5 N–H and O–H groups in total. The normalized spacial score (nSPS) is 19.4. The Hall–Kier alpha value is -2.86. The smallest absolute Gasteiger partial charge is 0.246 e. The summed E-state index contributed by atoms with van der Waals surface area (Å²) < 4.78 is 0. The van der Waals surface area contributed by atoms with Crippen LogP contribution in [0.5, 0.6) is 0 Å². The summed E-state index contributed by atoms with van der Waals surface area (Å²) in [6, 6.07) is 5.16. The molecule has 202 valence electrons. The summed E-state index contributed by atoms with van der Waals surface area (Å²) in [5.74, 6) is -1.33. The van der Waals surface area contributed by atoms with Gasteiger partial charge in [0.15, 0.2) is 0 Å². The molecule has 2 heterocycles. The summed E-state index contributed by atoms with van der Waals surface area (Å²) in [5.41, 5.74) is 4.06. The van der Waals surface area contributed by atoms with Crippen molar-refractivity contribution in [3.8, 4) is 10.4 Å². The van der Waals surface area contributed by atoms with Crippen LogP contribution in [-0.4, -0.2) is 82.2 Å². The van der Waals surface area contributed by atoms with Gasteiger partial charge in [0.1, 0.15) is 18.1 Å². The fourth-order valence-electron chi connectivity index (χ4n) is 4.33. The lowest BCUT2D eigenvalue weighted by molar-refractivity contribution is -0.144. The third-order valence-corrected chi connectivity index (χ3v) is 7.52. The molecule has 3 rings (SSSR count). The molecule has 1 saturated heterocycles. The second-order valence-electron chi connectivity index (χ2n) is 10.4. The maximum Gasteiger partial charge on any atom is 0.246 e. The largest absolute Gasteiger partial charge is 0.394 e. The lowest BCUT2D eigenvalue weighted by Crippen LogP contribution is -2.60. The van der Waals surface area contributed by atoms with E-state index in [2.05, 4.69) is 20.9 Å². The van der Waals surface area contributed by atoms with Gasteiger partial charge in [0.25, 0.3) is 0 Å². The van der Waals surface area contributed by atoms with Crippen LogP contribution < -0.4 is 16.0 Å². The molecule has 1 fully saturated rings. The van der Waals surface area contributed by atoms with Crippen LogP contribution in [0.25, 0.3) is 10.4 Å². The molecule has 11 heteroatoms. The van der Waals surface area contributed by atoms with Gasteiger partial charge in [0.05, 0.1) is 28.8 Å². The van der Waals surface area contributed by atoms with Crippen LogP contribution in [0.1, 0.15) is 38.4 Å². The molecule has 0 spiro atoms. The first-order valence-corrected chi connectivity index (χ1v) is 13.2. The van der Waals surface area contributed by atoms with Crippen LogP contribution in [0, 0.1) is 12.3 Å². The van der Waals surface area contributed by atoms with Gasteiger partial charge >= 0.3 is 0 Å². The summed E-state index contributed by atoms with van der Waals surface area (Å²) in [6.45, 7) is 7.23. The number of nitrogens with one attached hydrogen (secondary N) is 3. The minimum Gasteiger partial charge on any atom is -0.394 e. The van der Waals surface area contributed by atoms with Gasteiger partial charge in [-0.15, -0.1) is 11.3 Å². The quantitative estimate of drug-likeness (QED) is 0.322. The van der Waals surface area contributed by atoms with E-state index in [9.17, 15) is 24.6 Å². The fraction of sp³-hybridized carbons (Fsp3) is 0.538. The minimum atomic E-state index is -0.953. The van der Waals surface area contributed by atoms with Gasteiger partial charge < -0.3 is 31.1 Å². The summed E-state index contributed by atoms with van der Waals surface area (Å²) >= 11 is 1.57. The summed E-state index contributed by atoms with van der Waals surface area (Å²) in [7, 11) is 1.54. The van der Waals surface area contributed by atoms with Gasteiger partial charge in [0, 0.05) is 19.5 Å². The number of aryl methyl sites for hydroxylation is 1. The number of aromatic nitrogens is 1. The Bertz CT molecular complexity index is 1090. The van der Waals surface area contributed by atoms with Crippen LogP contribution in [0.3, 0.4) is 0 Å². The highest BCUT2D eigenvalue weighted by molar-refractivity contribution is 7.13. The molecular formula is C26H37N5O5S. The number of rotatable bonds is 9. The van der Waals surface area contributed by atoms with Crippen molar-refractivity contribution < 1.29 is 24.6 Å². The zero-order valence-corrected chi connectivity index (χ0v) is 22.8. The van der Waals surface area contributed by atoms with Crippen molar-refractivity contribution in [3.63, 3.8) is 0 Å². The number of hydrogen-bond acceptors (Lipinski definition) is 8. The molecule has 2 aromatic rings. The number of β-amino-alcohol motifs (C(OH)–C–C–N with tert-alkyl or cyclic N) is 1. The Morgan fingerprint density at radius 1 is 1.22 bits per heavy atom. The van der Waals surface area contributed by atoms with Crippen molar-refractivity contribution in [2.45, 2.75) is 64.9 Å². The number of thiazole rings is 1. The van der Waals surface area contributed by atoms with Crippen LogP contribution in [0.4, 0.5) is 0 Å². The molecule has 1 aliphatic heterocycles. The molecule has 0 unspecified atom stereocenters. The zero-order chi connectivity index (χ0) is 27.3. The van der Waals surface area contributed by atoms with Crippen molar-refractivity contribution in [2.75, 3.05) is 20.2 Å². The highest BCUT2D eigenvalue weighted by atomic mass is 32.1. The SMILES string of the molecule is CN[C@@H](CO)C(=O)N[C@H](C(=O)N1C[C@H](O)C[C@H]1C(=O)NCc1ccc(-c2scnc2C)cc1)C(C)(C)C. The van der Waals surface area contributed by atoms with Gasteiger partial charge in [-0.05, 0) is 30.5 Å². The number of nitrogens with zero attached hydrogens (tertiary/aromatic N) is 2. The summed E-state index contributed by atoms with van der Waals surface area (Å²) in [4.78, 5) is 46.0. The molecule has 1 aliphatic rings. The molecule has 4 atom stereocenters. The second-order valence-corrected chi connectivity index (χ2v) is 11.3. The molecular weight excluding hydrogens is 494 g/mol. The number of amides is 3. The Kier molecular flexibility index (Phi) is 9.41. The highest BCUT2D eigenvalue weighted by Gasteiger charge is 2.44. The lowest BCUT2D eigenvalue weighted by Gasteiger charge is -2.36. The molecule has 10 nitrogen and oxygen atoms in total. The fourth-order valence-corrected chi connectivity index (χ4v) is 5.14. The van der Waals surface area contributed by atoms with E-state index in [1.807, 2.05) is 57.5 Å². The van der Waals surface area contributed by atoms with Gasteiger partial charge in [-0.25, -0.2) is 4.98 Å². The van der Waals surface area contributed by atoms with Crippen LogP contribution >= 0.6 is 11.3 Å². The number of carbonyl (C=O) groups excluding carboxylic acids is 3. The maximum atomic E-state index is 13.6. The zero-order valence-electron chi connectivity index (χ0n) is 21.9. The Morgan fingerprint density at radius 2 is 1.89 bits per heavy atom. The number of aliphatic hydroxyl groups excluding tert-OH is 2. The number of likely N-dealkylation sites (N-methyl/N-ethyl adjacent to an activating group) is 1. The number of aliphatic hydroxyl groups is 2. The third kappa shape index (κ3) is 6.92. The van der Waals surface area contributed by atoms with Gasteiger partial charge in [-0.3, -0.25) is 14.4 Å². The predicted octanol–water partition coefficient (Wildman–Crippen LogP) is 0.808. The highest BCUT2D eigenvalue weighted by Crippen LogP contribution is 2.28. The van der Waals surface area contributed by atoms with E-state index in [4.69, 9.17) is 0 Å². The van der Waals surface area contributed by atoms with Crippen molar-refractivity contribution in [1.29, 1.82) is 0 Å². The third-order valence-electron chi connectivity index (χ3n) is 6.54. The number of hydrogen-bond donors (Lipinski definition) is 5. The van der Waals surface area contributed by atoms with Crippen molar-refractivity contribution in [2.24, 2.45) is 5.41 Å². The molecule has 37 heavy (non-hydrogen) atoms. The van der Waals surface area contributed by atoms with Crippen molar-refractivity contribution in [1.82, 2.24) is 25.8 Å². The van der Waals surface area contributed by atoms with Crippen LogP contribution in [0.15, 0.2) is 29.8 Å². The molecule has 0 bridgehead atoms. The summed E-state index contributed by atoms with van der Waals surface area (Å²) in [5, 5.41) is 28.1. The van der Waals surface area contributed by atoms with Crippen molar-refractivity contribution >= 4 is 29.1 Å². The van der Waals surface area contributed by atoms with Gasteiger partial charge in [-0.1, -0.05) is 45.0 Å². The van der Waals surface area contributed by atoms with E-state index < -0.39 is 48.1 Å². The molecule has 1 aromatic heterocycles. The van der Waals surface area contributed by atoms with Crippen LogP contribution in [0.2, 0.25) is 0 Å². The molecule has 1 aromatic carbocycles. The number of carbonyl (C=O) groups is 3. The molecule has 0 radical (unpaired) electrons. The van der Waals surface area contributed by atoms with E-state index in [1.165, 1.54) is 4.90 Å².